The first kappa shape index (κ1) is 26.0. The van der Waals surface area contributed by atoms with Gasteiger partial charge in [0.1, 0.15) is 5.92 Å². The summed E-state index contributed by atoms with van der Waals surface area (Å²) in [5.74, 6) is -0.741. The van der Waals surface area contributed by atoms with Crippen LogP contribution in [0.1, 0.15) is 52.2 Å². The number of benzene rings is 3. The van der Waals surface area contributed by atoms with E-state index in [4.69, 9.17) is 10.7 Å². The van der Waals surface area contributed by atoms with Crippen molar-refractivity contribution < 1.29 is 14.4 Å². The molecule has 8 heteroatoms. The number of amides is 3. The van der Waals surface area contributed by atoms with Crippen LogP contribution >= 0.6 is 0 Å². The quantitative estimate of drug-likeness (QED) is 0.460. The number of piperidine rings is 1. The molecule has 3 aliphatic rings. The molecule has 3 N–H and O–H groups in total. The molecule has 3 aromatic carbocycles. The first-order valence-corrected chi connectivity index (χ1v) is 13.9. The third-order valence-corrected chi connectivity index (χ3v) is 8.32. The van der Waals surface area contributed by atoms with Crippen molar-refractivity contribution in [2.45, 2.75) is 31.6 Å². The summed E-state index contributed by atoms with van der Waals surface area (Å²) in [5.41, 5.74) is 11.4. The number of anilines is 2. The molecule has 1 saturated heterocycles. The number of nitrogens with one attached hydrogen (secondary N) is 1. The molecule has 1 fully saturated rings. The maximum Gasteiger partial charge on any atom is 0.248 e. The average Bonchev–Trinajstić information content (AvgIpc) is 3.53. The fraction of sp³-hybridized carbons (Fsp3) is 0.312. The topological polar surface area (TPSA) is 108 Å². The molecule has 1 unspecified atom stereocenters. The second-order valence-electron chi connectivity index (χ2n) is 11.0. The standard InChI is InChI=1S/C32H33N5O3/c1-36-14-11-20(12-15-36)17-28(38)37-16-13-22-18-24(8-10-27(22)37)34-30(21-5-3-2-4-6-21)29-25-9-7-23(31(33)39)19-26(25)35-32(29)40/h2-10,18-20,29H,11-17H2,1H3,(H2,33,39)(H,35,40). The zero-order valence-corrected chi connectivity index (χ0v) is 22.6. The third kappa shape index (κ3) is 5.02. The van der Waals surface area contributed by atoms with E-state index in [2.05, 4.69) is 17.3 Å². The van der Waals surface area contributed by atoms with E-state index in [0.29, 0.717) is 35.8 Å². The van der Waals surface area contributed by atoms with Crippen LogP contribution in [0.15, 0.2) is 71.7 Å². The number of fused-ring (bicyclic) bond motifs is 2. The molecule has 0 bridgehead atoms. The predicted octanol–water partition coefficient (Wildman–Crippen LogP) is 4.26. The summed E-state index contributed by atoms with van der Waals surface area (Å²) in [5, 5.41) is 2.90. The summed E-state index contributed by atoms with van der Waals surface area (Å²) < 4.78 is 0. The SMILES string of the molecule is CN1CCC(CC(=O)N2CCc3cc(N=C(c4ccccc4)C4C(=O)Nc5cc(C(N)=O)ccc54)ccc32)CC1. The fourth-order valence-corrected chi connectivity index (χ4v) is 6.07. The van der Waals surface area contributed by atoms with Crippen molar-refractivity contribution in [1.29, 1.82) is 0 Å². The molecule has 0 radical (unpaired) electrons. The molecule has 1 atom stereocenters. The minimum absolute atomic E-state index is 0.198. The van der Waals surface area contributed by atoms with E-state index < -0.39 is 11.8 Å². The van der Waals surface area contributed by atoms with Crippen molar-refractivity contribution in [3.63, 3.8) is 0 Å². The highest BCUT2D eigenvalue weighted by Gasteiger charge is 2.36. The Hall–Kier alpha value is -4.30. The second-order valence-corrected chi connectivity index (χ2v) is 11.0. The summed E-state index contributed by atoms with van der Waals surface area (Å²) in [6.45, 7) is 2.78. The Labute approximate surface area is 233 Å². The van der Waals surface area contributed by atoms with Gasteiger partial charge in [-0.3, -0.25) is 19.4 Å². The van der Waals surface area contributed by atoms with E-state index in [0.717, 1.165) is 60.4 Å². The Balaban J connectivity index is 1.30. The molecule has 3 amide bonds. The van der Waals surface area contributed by atoms with Crippen molar-refractivity contribution >= 4 is 40.5 Å². The van der Waals surface area contributed by atoms with Crippen LogP contribution in [0.4, 0.5) is 17.1 Å². The monoisotopic (exact) mass is 535 g/mol. The molecule has 6 rings (SSSR count). The van der Waals surface area contributed by atoms with E-state index in [9.17, 15) is 14.4 Å². The van der Waals surface area contributed by atoms with Crippen LogP contribution in [0.5, 0.6) is 0 Å². The summed E-state index contributed by atoms with van der Waals surface area (Å²) in [6, 6.07) is 20.6. The molecule has 204 valence electrons. The zero-order valence-electron chi connectivity index (χ0n) is 22.6. The molecular formula is C32H33N5O3. The molecule has 40 heavy (non-hydrogen) atoms. The minimum Gasteiger partial charge on any atom is -0.366 e. The van der Waals surface area contributed by atoms with Crippen LogP contribution in [0.3, 0.4) is 0 Å². The number of carbonyl (C=O) groups is 3. The van der Waals surface area contributed by atoms with Gasteiger partial charge in [-0.25, -0.2) is 0 Å². The first-order chi connectivity index (χ1) is 19.4. The number of likely N-dealkylation sites (tertiary alicyclic amines) is 1. The predicted molar refractivity (Wildman–Crippen MR) is 156 cm³/mol. The number of hydrogen-bond donors (Lipinski definition) is 2. The normalized spacial score (nSPS) is 19.3. The maximum atomic E-state index is 13.2. The van der Waals surface area contributed by atoms with Gasteiger partial charge in [0.25, 0.3) is 0 Å². The molecule has 3 aliphatic heterocycles. The van der Waals surface area contributed by atoms with Crippen molar-refractivity contribution in [2.24, 2.45) is 16.6 Å². The Kier molecular flexibility index (Phi) is 6.94. The molecule has 0 saturated carbocycles. The van der Waals surface area contributed by atoms with Gasteiger partial charge >= 0.3 is 0 Å². The number of carbonyl (C=O) groups excluding carboxylic acids is 3. The number of primary amides is 1. The average molecular weight is 536 g/mol. The van der Waals surface area contributed by atoms with Crippen LogP contribution in [-0.2, 0) is 16.0 Å². The lowest BCUT2D eigenvalue weighted by molar-refractivity contribution is -0.119. The molecule has 8 nitrogen and oxygen atoms in total. The number of aliphatic imine (C=N–C) groups is 1. The van der Waals surface area contributed by atoms with Crippen molar-refractivity contribution in [1.82, 2.24) is 4.90 Å². The summed E-state index contributed by atoms with van der Waals surface area (Å²) in [4.78, 5) is 47.4. The molecule has 0 aromatic heterocycles. The lowest BCUT2D eigenvalue weighted by Crippen LogP contribution is -2.35. The highest BCUT2D eigenvalue weighted by molar-refractivity contribution is 6.24. The molecule has 0 spiro atoms. The molecular weight excluding hydrogens is 502 g/mol. The zero-order chi connectivity index (χ0) is 27.8. The number of nitrogens with zero attached hydrogens (tertiary/aromatic N) is 3. The van der Waals surface area contributed by atoms with E-state index in [1.54, 1.807) is 18.2 Å². The summed E-state index contributed by atoms with van der Waals surface area (Å²) >= 11 is 0. The van der Waals surface area contributed by atoms with Gasteiger partial charge < -0.3 is 20.9 Å². The van der Waals surface area contributed by atoms with Gasteiger partial charge in [-0.2, -0.15) is 0 Å². The Morgan fingerprint density at radius 2 is 1.75 bits per heavy atom. The van der Waals surface area contributed by atoms with Gasteiger partial charge in [0, 0.05) is 29.9 Å². The number of hydrogen-bond acceptors (Lipinski definition) is 5. The van der Waals surface area contributed by atoms with Crippen LogP contribution in [-0.4, -0.2) is 55.0 Å². The number of nitrogens with two attached hydrogens (primary N) is 1. The fourth-order valence-electron chi connectivity index (χ4n) is 6.07. The highest BCUT2D eigenvalue weighted by atomic mass is 16.2. The molecule has 3 aromatic rings. The third-order valence-electron chi connectivity index (χ3n) is 8.32. The minimum atomic E-state index is -0.639. The lowest BCUT2D eigenvalue weighted by Gasteiger charge is -2.29. The van der Waals surface area contributed by atoms with Crippen LogP contribution in [0.2, 0.25) is 0 Å². The largest absolute Gasteiger partial charge is 0.366 e. The smallest absolute Gasteiger partial charge is 0.248 e. The van der Waals surface area contributed by atoms with Gasteiger partial charge in [-0.1, -0.05) is 36.4 Å². The first-order valence-electron chi connectivity index (χ1n) is 13.9. The van der Waals surface area contributed by atoms with Gasteiger partial charge in [0.15, 0.2) is 0 Å². The van der Waals surface area contributed by atoms with Crippen molar-refractivity contribution in [2.75, 3.05) is 36.9 Å². The lowest BCUT2D eigenvalue weighted by atomic mass is 9.90. The van der Waals surface area contributed by atoms with Gasteiger partial charge in [-0.05, 0) is 92.3 Å². The van der Waals surface area contributed by atoms with E-state index >= 15 is 0 Å². The Morgan fingerprint density at radius 3 is 2.50 bits per heavy atom. The highest BCUT2D eigenvalue weighted by Crippen LogP contribution is 2.38. The van der Waals surface area contributed by atoms with Gasteiger partial charge in [-0.15, -0.1) is 0 Å². The van der Waals surface area contributed by atoms with Gasteiger partial charge in [0.05, 0.1) is 11.4 Å². The Morgan fingerprint density at radius 1 is 0.975 bits per heavy atom. The Bertz CT molecular complexity index is 1510. The van der Waals surface area contributed by atoms with E-state index in [-0.39, 0.29) is 11.8 Å². The van der Waals surface area contributed by atoms with Gasteiger partial charge in [0.2, 0.25) is 17.7 Å². The maximum absolute atomic E-state index is 13.2. The number of rotatable bonds is 6. The van der Waals surface area contributed by atoms with Crippen LogP contribution in [0, 0.1) is 5.92 Å². The summed E-state index contributed by atoms with van der Waals surface area (Å²) in [7, 11) is 2.13. The van der Waals surface area contributed by atoms with E-state index in [1.165, 1.54) is 0 Å². The second kappa shape index (κ2) is 10.7. The van der Waals surface area contributed by atoms with Crippen LogP contribution in [0.25, 0.3) is 0 Å². The molecule has 3 heterocycles. The van der Waals surface area contributed by atoms with Crippen molar-refractivity contribution in [3.05, 3.63) is 89.0 Å². The van der Waals surface area contributed by atoms with Crippen LogP contribution < -0.4 is 16.0 Å². The van der Waals surface area contributed by atoms with Crippen molar-refractivity contribution in [3.8, 4) is 0 Å². The summed E-state index contributed by atoms with van der Waals surface area (Å²) in [6.07, 6.45) is 3.52. The van der Waals surface area contributed by atoms with E-state index in [1.807, 2.05) is 53.4 Å². The molecule has 0 aliphatic carbocycles.